The third-order valence-corrected chi connectivity index (χ3v) is 5.20. The molecule has 6 heteroatoms. The van der Waals surface area contributed by atoms with Crippen LogP contribution in [-0.4, -0.2) is 46.3 Å². The Balaban J connectivity index is 0.000000381. The molecule has 0 saturated carbocycles. The van der Waals surface area contributed by atoms with Crippen LogP contribution in [0.5, 0.6) is 0 Å². The summed E-state index contributed by atoms with van der Waals surface area (Å²) < 4.78 is 10.9. The van der Waals surface area contributed by atoms with Gasteiger partial charge in [-0.2, -0.15) is 11.8 Å². The standard InChI is InChI=1S/C8H11NOS.C7H15NOS.C2H6/c1-11(10)8-4-2-7(6-9)3-5-8;1-10-6-7(9)2-4-8-5-3-7;1-2/h2-5H,6,9H2,1H3;8-9H,2-6H2,1H3;1-2H3. The van der Waals surface area contributed by atoms with E-state index in [0.717, 1.165) is 42.1 Å². The van der Waals surface area contributed by atoms with E-state index in [4.69, 9.17) is 5.73 Å². The van der Waals surface area contributed by atoms with Crippen LogP contribution in [0, 0.1) is 0 Å². The Morgan fingerprint density at radius 1 is 1.26 bits per heavy atom. The predicted molar refractivity (Wildman–Crippen MR) is 103 cm³/mol. The molecule has 0 spiro atoms. The highest BCUT2D eigenvalue weighted by Crippen LogP contribution is 2.21. The van der Waals surface area contributed by atoms with Gasteiger partial charge in [0.2, 0.25) is 0 Å². The Labute approximate surface area is 148 Å². The first-order valence-electron chi connectivity index (χ1n) is 8.05. The second-order valence-corrected chi connectivity index (χ2v) is 7.46. The fraction of sp³-hybridized carbons (Fsp3) is 0.647. The molecule has 4 N–H and O–H groups in total. The van der Waals surface area contributed by atoms with E-state index in [1.165, 1.54) is 0 Å². The number of nitrogens with one attached hydrogen (secondary N) is 1. The third kappa shape index (κ3) is 9.47. The normalized spacial score (nSPS) is 17.1. The molecule has 1 aromatic carbocycles. The van der Waals surface area contributed by atoms with Crippen LogP contribution in [0.2, 0.25) is 0 Å². The maximum atomic E-state index is 10.9. The molecule has 134 valence electrons. The lowest BCUT2D eigenvalue weighted by atomic mass is 9.95. The first kappa shape index (κ1) is 22.6. The largest absolute Gasteiger partial charge is 0.389 e. The topological polar surface area (TPSA) is 75.4 Å². The zero-order chi connectivity index (χ0) is 17.7. The van der Waals surface area contributed by atoms with Crippen LogP contribution >= 0.6 is 11.8 Å². The van der Waals surface area contributed by atoms with Gasteiger partial charge in [-0.3, -0.25) is 4.21 Å². The van der Waals surface area contributed by atoms with E-state index in [1.807, 2.05) is 44.4 Å². The van der Waals surface area contributed by atoms with Crippen molar-refractivity contribution in [1.29, 1.82) is 0 Å². The molecule has 0 aliphatic carbocycles. The molecule has 1 aromatic rings. The molecule has 1 atom stereocenters. The number of thioether (sulfide) groups is 1. The number of piperidine rings is 1. The summed E-state index contributed by atoms with van der Waals surface area (Å²) in [6.07, 6.45) is 5.53. The summed E-state index contributed by atoms with van der Waals surface area (Å²) in [5.41, 5.74) is 6.10. The number of nitrogens with two attached hydrogens (primary N) is 1. The number of aliphatic hydroxyl groups is 1. The van der Waals surface area contributed by atoms with E-state index in [0.29, 0.717) is 6.54 Å². The van der Waals surface area contributed by atoms with Gasteiger partial charge in [-0.1, -0.05) is 26.0 Å². The van der Waals surface area contributed by atoms with Crippen LogP contribution in [-0.2, 0) is 17.3 Å². The Kier molecular flexibility index (Phi) is 12.7. The second kappa shape index (κ2) is 13.0. The van der Waals surface area contributed by atoms with Crippen LogP contribution in [0.3, 0.4) is 0 Å². The number of rotatable bonds is 4. The number of hydrogen-bond donors (Lipinski definition) is 3. The minimum atomic E-state index is -0.880. The molecule has 23 heavy (non-hydrogen) atoms. The summed E-state index contributed by atoms with van der Waals surface area (Å²) in [5.74, 6) is 0.884. The molecule has 1 saturated heterocycles. The smallest absolute Gasteiger partial charge is 0.0761 e. The summed E-state index contributed by atoms with van der Waals surface area (Å²) in [7, 11) is -0.880. The lowest BCUT2D eigenvalue weighted by Gasteiger charge is -2.31. The van der Waals surface area contributed by atoms with E-state index in [2.05, 4.69) is 5.32 Å². The maximum absolute atomic E-state index is 10.9. The molecule has 2 rings (SSSR count). The fourth-order valence-electron chi connectivity index (χ4n) is 2.12. The molecule has 0 bridgehead atoms. The Bertz CT molecular complexity index is 427. The maximum Gasteiger partial charge on any atom is 0.0761 e. The van der Waals surface area contributed by atoms with Gasteiger partial charge < -0.3 is 16.2 Å². The van der Waals surface area contributed by atoms with Gasteiger partial charge in [-0.25, -0.2) is 0 Å². The van der Waals surface area contributed by atoms with Crippen LogP contribution in [0.1, 0.15) is 32.3 Å². The molecule has 0 radical (unpaired) electrons. The zero-order valence-electron chi connectivity index (χ0n) is 14.8. The molecule has 1 heterocycles. The highest BCUT2D eigenvalue weighted by molar-refractivity contribution is 7.98. The minimum absolute atomic E-state index is 0.370. The van der Waals surface area contributed by atoms with Gasteiger partial charge in [0, 0.05) is 34.2 Å². The SMILES string of the molecule is CC.CS(=O)c1ccc(CN)cc1.CSCC1(O)CCNCC1. The van der Waals surface area contributed by atoms with Crippen molar-refractivity contribution in [2.45, 2.75) is 43.7 Å². The lowest BCUT2D eigenvalue weighted by molar-refractivity contribution is 0.0340. The van der Waals surface area contributed by atoms with Crippen LogP contribution in [0.4, 0.5) is 0 Å². The van der Waals surface area contributed by atoms with Crippen molar-refractivity contribution in [1.82, 2.24) is 5.32 Å². The van der Waals surface area contributed by atoms with Crippen molar-refractivity contribution in [3.63, 3.8) is 0 Å². The van der Waals surface area contributed by atoms with Crippen molar-refractivity contribution in [2.75, 3.05) is 31.4 Å². The average Bonchev–Trinajstić information content (AvgIpc) is 2.58. The monoisotopic (exact) mass is 360 g/mol. The Morgan fingerprint density at radius 2 is 1.78 bits per heavy atom. The molecule has 0 amide bonds. The van der Waals surface area contributed by atoms with Gasteiger partial charge in [0.1, 0.15) is 0 Å². The molecule has 1 unspecified atom stereocenters. The van der Waals surface area contributed by atoms with E-state index in [9.17, 15) is 9.32 Å². The molecular weight excluding hydrogens is 328 g/mol. The van der Waals surface area contributed by atoms with Gasteiger partial charge >= 0.3 is 0 Å². The fourth-order valence-corrected chi connectivity index (χ4v) is 3.47. The first-order chi connectivity index (χ1) is 11.0. The minimum Gasteiger partial charge on any atom is -0.389 e. The van der Waals surface area contributed by atoms with Crippen molar-refractivity contribution >= 4 is 22.6 Å². The first-order valence-corrected chi connectivity index (χ1v) is 11.0. The van der Waals surface area contributed by atoms with Crippen LogP contribution in [0.25, 0.3) is 0 Å². The molecule has 1 aliphatic rings. The summed E-state index contributed by atoms with van der Waals surface area (Å²) in [5, 5.41) is 13.0. The summed E-state index contributed by atoms with van der Waals surface area (Å²) in [4.78, 5) is 0.849. The molecule has 1 fully saturated rings. The average molecular weight is 361 g/mol. The lowest BCUT2D eigenvalue weighted by Crippen LogP contribution is -2.43. The number of benzene rings is 1. The van der Waals surface area contributed by atoms with Gasteiger partial charge in [0.25, 0.3) is 0 Å². The summed E-state index contributed by atoms with van der Waals surface area (Å²) in [6, 6.07) is 7.49. The Morgan fingerprint density at radius 3 is 2.17 bits per heavy atom. The molecule has 4 nitrogen and oxygen atoms in total. The van der Waals surface area contributed by atoms with Gasteiger partial charge in [0.15, 0.2) is 0 Å². The van der Waals surface area contributed by atoms with Gasteiger partial charge in [-0.15, -0.1) is 0 Å². The second-order valence-electron chi connectivity index (χ2n) is 5.21. The Hall–Kier alpha value is -0.400. The van der Waals surface area contributed by atoms with Crippen molar-refractivity contribution in [3.05, 3.63) is 29.8 Å². The van der Waals surface area contributed by atoms with E-state index in [1.54, 1.807) is 18.0 Å². The molecule has 1 aliphatic heterocycles. The van der Waals surface area contributed by atoms with Crippen molar-refractivity contribution in [2.24, 2.45) is 5.73 Å². The van der Waals surface area contributed by atoms with Crippen LogP contribution in [0.15, 0.2) is 29.2 Å². The van der Waals surface area contributed by atoms with Crippen molar-refractivity contribution in [3.8, 4) is 0 Å². The predicted octanol–water partition coefficient (Wildman–Crippen LogP) is 2.37. The van der Waals surface area contributed by atoms with E-state index in [-0.39, 0.29) is 5.60 Å². The molecule has 0 aromatic heterocycles. The van der Waals surface area contributed by atoms with Crippen molar-refractivity contribution < 1.29 is 9.32 Å². The summed E-state index contributed by atoms with van der Waals surface area (Å²) in [6.45, 7) is 6.48. The highest BCUT2D eigenvalue weighted by atomic mass is 32.2. The highest BCUT2D eigenvalue weighted by Gasteiger charge is 2.27. The van der Waals surface area contributed by atoms with Gasteiger partial charge in [-0.05, 0) is 49.9 Å². The zero-order valence-corrected chi connectivity index (χ0v) is 16.4. The van der Waals surface area contributed by atoms with E-state index < -0.39 is 10.8 Å². The van der Waals surface area contributed by atoms with Crippen LogP contribution < -0.4 is 11.1 Å². The quantitative estimate of drug-likeness (QED) is 0.769. The number of hydrogen-bond acceptors (Lipinski definition) is 5. The third-order valence-electron chi connectivity index (χ3n) is 3.44. The van der Waals surface area contributed by atoms with E-state index >= 15 is 0 Å². The molecular formula is C17H32N2O2S2. The summed E-state index contributed by atoms with van der Waals surface area (Å²) >= 11 is 1.73. The van der Waals surface area contributed by atoms with Gasteiger partial charge in [0.05, 0.1) is 5.60 Å².